The molecular formula is C14H19ClFN. The maximum atomic E-state index is 13.0. The van der Waals surface area contributed by atoms with E-state index in [1.807, 2.05) is 6.07 Å². The van der Waals surface area contributed by atoms with Crippen LogP contribution in [-0.2, 0) is 6.42 Å². The Morgan fingerprint density at radius 2 is 2.12 bits per heavy atom. The Morgan fingerprint density at radius 1 is 1.41 bits per heavy atom. The van der Waals surface area contributed by atoms with E-state index >= 15 is 0 Å². The molecule has 0 aromatic heterocycles. The summed E-state index contributed by atoms with van der Waals surface area (Å²) in [6.45, 7) is 6.57. The Hall–Kier alpha value is -0.600. The second-order valence-electron chi connectivity index (χ2n) is 5.61. The molecule has 1 aliphatic rings. The SMILES string of the molecule is CC(C)CC1(Cc2ccc(F)cc2Cl)CNC1. The number of rotatable bonds is 4. The Balaban J connectivity index is 2.13. The van der Waals surface area contributed by atoms with Gasteiger partial charge < -0.3 is 5.32 Å². The van der Waals surface area contributed by atoms with Crippen molar-refractivity contribution in [3.8, 4) is 0 Å². The van der Waals surface area contributed by atoms with Gasteiger partial charge in [0.1, 0.15) is 5.82 Å². The lowest BCUT2D eigenvalue weighted by atomic mass is 9.71. The molecule has 0 aliphatic carbocycles. The molecule has 17 heavy (non-hydrogen) atoms. The molecule has 1 heterocycles. The summed E-state index contributed by atoms with van der Waals surface area (Å²) in [5.74, 6) is 0.416. The third kappa shape index (κ3) is 2.99. The van der Waals surface area contributed by atoms with Gasteiger partial charge in [-0.1, -0.05) is 31.5 Å². The maximum Gasteiger partial charge on any atom is 0.124 e. The van der Waals surface area contributed by atoms with Gasteiger partial charge in [-0.15, -0.1) is 0 Å². The van der Waals surface area contributed by atoms with Crippen LogP contribution in [0.1, 0.15) is 25.8 Å². The minimum absolute atomic E-state index is 0.261. The van der Waals surface area contributed by atoms with Crippen LogP contribution in [0.15, 0.2) is 18.2 Å². The van der Waals surface area contributed by atoms with E-state index in [1.54, 1.807) is 0 Å². The second kappa shape index (κ2) is 4.95. The zero-order valence-corrected chi connectivity index (χ0v) is 11.1. The van der Waals surface area contributed by atoms with Crippen LogP contribution < -0.4 is 5.32 Å². The lowest BCUT2D eigenvalue weighted by molar-refractivity contribution is 0.131. The van der Waals surface area contributed by atoms with Gasteiger partial charge in [0.15, 0.2) is 0 Å². The fourth-order valence-electron chi connectivity index (χ4n) is 2.76. The first-order valence-corrected chi connectivity index (χ1v) is 6.53. The highest BCUT2D eigenvalue weighted by molar-refractivity contribution is 6.31. The van der Waals surface area contributed by atoms with Crippen molar-refractivity contribution < 1.29 is 4.39 Å². The molecule has 1 aromatic rings. The van der Waals surface area contributed by atoms with Gasteiger partial charge in [-0.05, 0) is 41.9 Å². The van der Waals surface area contributed by atoms with E-state index in [0.717, 1.165) is 25.1 Å². The number of benzene rings is 1. The molecule has 1 aromatic carbocycles. The summed E-state index contributed by atoms with van der Waals surface area (Å²) in [6, 6.07) is 4.72. The van der Waals surface area contributed by atoms with Crippen LogP contribution in [0.25, 0.3) is 0 Å². The summed E-state index contributed by atoms with van der Waals surface area (Å²) < 4.78 is 13.0. The zero-order valence-electron chi connectivity index (χ0n) is 10.4. The van der Waals surface area contributed by atoms with Crippen LogP contribution in [0, 0.1) is 17.2 Å². The summed E-state index contributed by atoms with van der Waals surface area (Å²) >= 11 is 6.09. The molecule has 0 atom stereocenters. The molecule has 1 nitrogen and oxygen atoms in total. The van der Waals surface area contributed by atoms with E-state index in [4.69, 9.17) is 11.6 Å². The highest BCUT2D eigenvalue weighted by atomic mass is 35.5. The van der Waals surface area contributed by atoms with Crippen molar-refractivity contribution in [2.24, 2.45) is 11.3 Å². The predicted octanol–water partition coefficient (Wildman–Crippen LogP) is 3.66. The first-order valence-electron chi connectivity index (χ1n) is 6.15. The quantitative estimate of drug-likeness (QED) is 0.866. The molecule has 0 bridgehead atoms. The monoisotopic (exact) mass is 255 g/mol. The van der Waals surface area contributed by atoms with Crippen LogP contribution >= 0.6 is 11.6 Å². The number of nitrogens with one attached hydrogen (secondary N) is 1. The van der Waals surface area contributed by atoms with Crippen molar-refractivity contribution in [1.29, 1.82) is 0 Å². The third-order valence-corrected chi connectivity index (χ3v) is 3.77. The molecule has 0 radical (unpaired) electrons. The fourth-order valence-corrected chi connectivity index (χ4v) is 2.99. The highest BCUT2D eigenvalue weighted by Crippen LogP contribution is 2.36. The summed E-state index contributed by atoms with van der Waals surface area (Å²) in [4.78, 5) is 0. The van der Waals surface area contributed by atoms with Gasteiger partial charge in [0.25, 0.3) is 0 Å². The molecule has 3 heteroatoms. The predicted molar refractivity (Wildman–Crippen MR) is 69.9 cm³/mol. The van der Waals surface area contributed by atoms with Gasteiger partial charge in [-0.25, -0.2) is 4.39 Å². The lowest BCUT2D eigenvalue weighted by Gasteiger charge is -2.44. The van der Waals surface area contributed by atoms with E-state index in [0.29, 0.717) is 16.4 Å². The summed E-state index contributed by atoms with van der Waals surface area (Å²) in [5, 5.41) is 3.90. The molecule has 1 fully saturated rings. The molecule has 0 saturated carbocycles. The molecule has 0 amide bonds. The van der Waals surface area contributed by atoms with Crippen molar-refractivity contribution in [3.05, 3.63) is 34.6 Å². The van der Waals surface area contributed by atoms with Crippen molar-refractivity contribution >= 4 is 11.6 Å². The van der Waals surface area contributed by atoms with Crippen molar-refractivity contribution in [1.82, 2.24) is 5.32 Å². The standard InChI is InChI=1S/C14H19ClFN/c1-10(2)6-14(8-17-9-14)7-11-3-4-12(16)5-13(11)15/h3-5,10,17H,6-9H2,1-2H3. The minimum atomic E-state index is -0.261. The van der Waals surface area contributed by atoms with Crippen LogP contribution in [-0.4, -0.2) is 13.1 Å². The molecule has 0 unspecified atom stereocenters. The van der Waals surface area contributed by atoms with E-state index in [2.05, 4.69) is 19.2 Å². The van der Waals surface area contributed by atoms with Crippen molar-refractivity contribution in [2.75, 3.05) is 13.1 Å². The Bertz CT molecular complexity index is 399. The highest BCUT2D eigenvalue weighted by Gasteiger charge is 2.37. The molecule has 1 N–H and O–H groups in total. The normalized spacial score (nSPS) is 18.2. The Labute approximate surface area is 107 Å². The first-order chi connectivity index (χ1) is 8.01. The van der Waals surface area contributed by atoms with Crippen LogP contribution in [0.5, 0.6) is 0 Å². The van der Waals surface area contributed by atoms with Gasteiger partial charge in [0, 0.05) is 18.1 Å². The van der Waals surface area contributed by atoms with E-state index in [9.17, 15) is 4.39 Å². The van der Waals surface area contributed by atoms with E-state index < -0.39 is 0 Å². The van der Waals surface area contributed by atoms with Gasteiger partial charge in [-0.3, -0.25) is 0 Å². The molecule has 2 rings (SSSR count). The minimum Gasteiger partial charge on any atom is -0.316 e. The van der Waals surface area contributed by atoms with E-state index in [1.165, 1.54) is 18.6 Å². The smallest absolute Gasteiger partial charge is 0.124 e. The molecule has 1 saturated heterocycles. The first kappa shape index (κ1) is 12.8. The average Bonchev–Trinajstić information content (AvgIpc) is 2.18. The number of hydrogen-bond acceptors (Lipinski definition) is 1. The third-order valence-electron chi connectivity index (χ3n) is 3.42. The summed E-state index contributed by atoms with van der Waals surface area (Å²) in [7, 11) is 0. The van der Waals surface area contributed by atoms with Gasteiger partial charge in [-0.2, -0.15) is 0 Å². The second-order valence-corrected chi connectivity index (χ2v) is 6.02. The summed E-state index contributed by atoms with van der Waals surface area (Å²) in [6.07, 6.45) is 2.13. The Morgan fingerprint density at radius 3 is 2.59 bits per heavy atom. The van der Waals surface area contributed by atoms with Crippen LogP contribution in [0.2, 0.25) is 5.02 Å². The van der Waals surface area contributed by atoms with Gasteiger partial charge in [0.05, 0.1) is 0 Å². The van der Waals surface area contributed by atoms with Gasteiger partial charge in [0.2, 0.25) is 0 Å². The van der Waals surface area contributed by atoms with Crippen LogP contribution in [0.4, 0.5) is 4.39 Å². The maximum absolute atomic E-state index is 13.0. The molecule has 0 spiro atoms. The van der Waals surface area contributed by atoms with E-state index in [-0.39, 0.29) is 5.82 Å². The molecule has 1 aliphatic heterocycles. The van der Waals surface area contributed by atoms with Crippen molar-refractivity contribution in [3.63, 3.8) is 0 Å². The molecular weight excluding hydrogens is 237 g/mol. The Kier molecular flexibility index (Phi) is 3.74. The fraction of sp³-hybridized carbons (Fsp3) is 0.571. The number of halogens is 2. The number of hydrogen-bond donors (Lipinski definition) is 1. The van der Waals surface area contributed by atoms with Gasteiger partial charge >= 0.3 is 0 Å². The average molecular weight is 256 g/mol. The lowest BCUT2D eigenvalue weighted by Crippen LogP contribution is -2.55. The largest absolute Gasteiger partial charge is 0.316 e. The molecule has 94 valence electrons. The van der Waals surface area contributed by atoms with Crippen LogP contribution in [0.3, 0.4) is 0 Å². The summed E-state index contributed by atoms with van der Waals surface area (Å²) in [5.41, 5.74) is 1.38. The van der Waals surface area contributed by atoms with Crippen molar-refractivity contribution in [2.45, 2.75) is 26.7 Å². The zero-order chi connectivity index (χ0) is 12.5. The topological polar surface area (TPSA) is 12.0 Å².